The average molecular weight is 693 g/mol. The Hall–Kier alpha value is -1.36. The van der Waals surface area contributed by atoms with Crippen LogP contribution in [0.1, 0.15) is 239 Å². The van der Waals surface area contributed by atoms with Crippen molar-refractivity contribution in [2.45, 2.75) is 245 Å². The molecule has 0 bridgehead atoms. The molecule has 0 amide bonds. The van der Waals surface area contributed by atoms with Crippen LogP contribution in [0.5, 0.6) is 0 Å². The lowest BCUT2D eigenvalue weighted by Gasteiger charge is -2.15. The highest BCUT2D eigenvalue weighted by atomic mass is 16.6. The van der Waals surface area contributed by atoms with Crippen molar-refractivity contribution in [2.75, 3.05) is 13.2 Å². The molecule has 1 N–H and O–H groups in total. The maximum absolute atomic E-state index is 12.2. The summed E-state index contributed by atoms with van der Waals surface area (Å²) in [6.07, 6.45) is 47.1. The molecule has 0 aromatic rings. The second-order valence-electron chi connectivity index (χ2n) is 14.8. The Kier molecular flexibility index (Phi) is 39.9. The number of aliphatic hydroxyl groups is 1. The molecule has 5 nitrogen and oxygen atoms in total. The molecule has 1 atom stereocenters. The summed E-state index contributed by atoms with van der Waals surface area (Å²) < 4.78 is 10.6. The summed E-state index contributed by atoms with van der Waals surface area (Å²) in [4.78, 5) is 24.3. The molecule has 0 aliphatic rings. The Bertz CT molecular complexity index is 705. The maximum atomic E-state index is 12.2. The van der Waals surface area contributed by atoms with Crippen molar-refractivity contribution in [3.63, 3.8) is 0 Å². The third-order valence-electron chi connectivity index (χ3n) is 9.81. The zero-order valence-corrected chi connectivity index (χ0v) is 33.0. The van der Waals surface area contributed by atoms with E-state index >= 15 is 0 Å². The summed E-state index contributed by atoms with van der Waals surface area (Å²) in [7, 11) is 0. The molecule has 0 fully saturated rings. The van der Waals surface area contributed by atoms with E-state index in [2.05, 4.69) is 26.0 Å². The summed E-state index contributed by atoms with van der Waals surface area (Å²) in [6, 6.07) is 0. The van der Waals surface area contributed by atoms with Gasteiger partial charge in [0.15, 0.2) is 6.10 Å². The quantitative estimate of drug-likeness (QED) is 0.0393. The standard InChI is InChI=1S/C44H84O5/c1-3-5-7-9-11-13-15-17-19-20-21-22-23-25-26-28-30-32-34-36-38-43(46)48-41-42(40-45)49-44(47)39-37-35-33-31-29-27-24-18-16-14-12-10-8-6-4-2/h18,24,42,45H,3-17,19-23,25-41H2,1-2H3/b24-18-. The molecular weight excluding hydrogens is 608 g/mol. The topological polar surface area (TPSA) is 72.8 Å². The first-order valence-corrected chi connectivity index (χ1v) is 21.7. The van der Waals surface area contributed by atoms with E-state index in [0.717, 1.165) is 38.5 Å². The second-order valence-corrected chi connectivity index (χ2v) is 14.8. The molecule has 1 unspecified atom stereocenters. The van der Waals surface area contributed by atoms with Gasteiger partial charge >= 0.3 is 11.9 Å². The van der Waals surface area contributed by atoms with Crippen LogP contribution in [0.4, 0.5) is 0 Å². The van der Waals surface area contributed by atoms with E-state index in [1.54, 1.807) is 0 Å². The molecule has 0 aromatic carbocycles. The fourth-order valence-corrected chi connectivity index (χ4v) is 6.49. The zero-order chi connectivity index (χ0) is 35.7. The van der Waals surface area contributed by atoms with Gasteiger partial charge in [-0.15, -0.1) is 0 Å². The fraction of sp³-hybridized carbons (Fsp3) is 0.909. The number of rotatable bonds is 40. The summed E-state index contributed by atoms with van der Waals surface area (Å²) in [5.74, 6) is -0.587. The van der Waals surface area contributed by atoms with E-state index in [4.69, 9.17) is 9.47 Å². The number of hydrogen-bond donors (Lipinski definition) is 1. The minimum absolute atomic E-state index is 0.0629. The van der Waals surface area contributed by atoms with Crippen LogP contribution in [0.2, 0.25) is 0 Å². The van der Waals surface area contributed by atoms with Crippen molar-refractivity contribution in [2.24, 2.45) is 0 Å². The number of carbonyl (C=O) groups excluding carboxylic acids is 2. The number of aliphatic hydroxyl groups excluding tert-OH is 1. The first-order valence-electron chi connectivity index (χ1n) is 21.7. The Balaban J connectivity index is 3.48. The number of hydrogen-bond acceptors (Lipinski definition) is 5. The highest BCUT2D eigenvalue weighted by Crippen LogP contribution is 2.16. The SMILES string of the molecule is CCCCCCCC/C=C\CCCCCCCC(=O)OC(CO)COC(=O)CCCCCCCCCCCCCCCCCCCCCC. The van der Waals surface area contributed by atoms with Gasteiger partial charge in [-0.2, -0.15) is 0 Å². The monoisotopic (exact) mass is 693 g/mol. The normalized spacial score (nSPS) is 12.1. The van der Waals surface area contributed by atoms with E-state index in [0.29, 0.717) is 12.8 Å². The van der Waals surface area contributed by atoms with Crippen LogP contribution >= 0.6 is 0 Å². The number of unbranched alkanes of at least 4 members (excludes halogenated alkanes) is 30. The van der Waals surface area contributed by atoms with Crippen molar-refractivity contribution in [3.8, 4) is 0 Å². The van der Waals surface area contributed by atoms with E-state index < -0.39 is 6.10 Å². The van der Waals surface area contributed by atoms with Crippen molar-refractivity contribution < 1.29 is 24.2 Å². The van der Waals surface area contributed by atoms with Crippen LogP contribution in [0.25, 0.3) is 0 Å². The Labute approximate surface area is 305 Å². The third-order valence-corrected chi connectivity index (χ3v) is 9.81. The van der Waals surface area contributed by atoms with Crippen LogP contribution in [0.15, 0.2) is 12.2 Å². The molecule has 0 heterocycles. The van der Waals surface area contributed by atoms with Crippen molar-refractivity contribution in [1.82, 2.24) is 0 Å². The first kappa shape index (κ1) is 47.6. The lowest BCUT2D eigenvalue weighted by atomic mass is 10.0. The number of allylic oxidation sites excluding steroid dienone is 2. The molecule has 5 heteroatoms. The molecular formula is C44H84O5. The lowest BCUT2D eigenvalue weighted by molar-refractivity contribution is -0.161. The van der Waals surface area contributed by atoms with Gasteiger partial charge < -0.3 is 14.6 Å². The van der Waals surface area contributed by atoms with Gasteiger partial charge in [0, 0.05) is 12.8 Å². The average Bonchev–Trinajstić information content (AvgIpc) is 3.10. The van der Waals surface area contributed by atoms with Crippen LogP contribution in [-0.2, 0) is 19.1 Å². The Morgan fingerprint density at radius 1 is 0.449 bits per heavy atom. The van der Waals surface area contributed by atoms with Crippen molar-refractivity contribution >= 4 is 11.9 Å². The predicted octanol–water partition coefficient (Wildman–Crippen LogP) is 13.7. The van der Waals surface area contributed by atoms with Gasteiger partial charge in [-0.1, -0.05) is 199 Å². The highest BCUT2D eigenvalue weighted by Gasteiger charge is 2.16. The first-order chi connectivity index (χ1) is 24.1. The van der Waals surface area contributed by atoms with Crippen molar-refractivity contribution in [3.05, 3.63) is 12.2 Å². The van der Waals surface area contributed by atoms with Gasteiger partial charge in [0.25, 0.3) is 0 Å². The maximum Gasteiger partial charge on any atom is 0.306 e. The summed E-state index contributed by atoms with van der Waals surface area (Å²) >= 11 is 0. The zero-order valence-electron chi connectivity index (χ0n) is 33.0. The molecule has 0 aliphatic heterocycles. The molecule has 49 heavy (non-hydrogen) atoms. The Morgan fingerprint density at radius 2 is 0.755 bits per heavy atom. The van der Waals surface area contributed by atoms with Gasteiger partial charge in [0.1, 0.15) is 6.61 Å². The Morgan fingerprint density at radius 3 is 1.10 bits per heavy atom. The molecule has 0 spiro atoms. The van der Waals surface area contributed by atoms with Gasteiger partial charge in [0.2, 0.25) is 0 Å². The molecule has 0 saturated carbocycles. The molecule has 0 aromatic heterocycles. The second kappa shape index (κ2) is 41.1. The number of carbonyl (C=O) groups is 2. The highest BCUT2D eigenvalue weighted by molar-refractivity contribution is 5.70. The predicted molar refractivity (Wildman–Crippen MR) is 210 cm³/mol. The van der Waals surface area contributed by atoms with Gasteiger partial charge in [-0.05, 0) is 38.5 Å². The van der Waals surface area contributed by atoms with Crippen LogP contribution < -0.4 is 0 Å². The third kappa shape index (κ3) is 39.3. The van der Waals surface area contributed by atoms with Gasteiger partial charge in [0.05, 0.1) is 6.61 Å². The molecule has 0 aliphatic carbocycles. The summed E-state index contributed by atoms with van der Waals surface area (Å²) in [6.45, 7) is 4.15. The molecule has 0 radical (unpaired) electrons. The van der Waals surface area contributed by atoms with E-state index in [-0.39, 0.29) is 25.2 Å². The van der Waals surface area contributed by atoms with Gasteiger partial charge in [-0.3, -0.25) is 9.59 Å². The van der Waals surface area contributed by atoms with E-state index in [9.17, 15) is 14.7 Å². The molecule has 290 valence electrons. The summed E-state index contributed by atoms with van der Waals surface area (Å²) in [5.41, 5.74) is 0. The fourth-order valence-electron chi connectivity index (χ4n) is 6.49. The van der Waals surface area contributed by atoms with Crippen LogP contribution in [0, 0.1) is 0 Å². The van der Waals surface area contributed by atoms with Gasteiger partial charge in [-0.25, -0.2) is 0 Å². The molecule has 0 rings (SSSR count). The van der Waals surface area contributed by atoms with Crippen molar-refractivity contribution in [1.29, 1.82) is 0 Å². The van der Waals surface area contributed by atoms with Crippen LogP contribution in [0.3, 0.4) is 0 Å². The van der Waals surface area contributed by atoms with Crippen LogP contribution in [-0.4, -0.2) is 36.4 Å². The smallest absolute Gasteiger partial charge is 0.306 e. The molecule has 0 saturated heterocycles. The van der Waals surface area contributed by atoms with E-state index in [1.807, 2.05) is 0 Å². The van der Waals surface area contributed by atoms with E-state index in [1.165, 1.54) is 173 Å². The lowest BCUT2D eigenvalue weighted by Crippen LogP contribution is -2.28. The minimum Gasteiger partial charge on any atom is -0.462 e. The summed E-state index contributed by atoms with van der Waals surface area (Å²) in [5, 5.41) is 9.57. The minimum atomic E-state index is -0.769. The number of esters is 2. The number of ether oxygens (including phenoxy) is 2. The largest absolute Gasteiger partial charge is 0.462 e.